The molecule has 0 fully saturated rings. The molecule has 2 aromatic carbocycles. The molecule has 3 rings (SSSR count). The van der Waals surface area contributed by atoms with Crippen molar-refractivity contribution < 1.29 is 13.2 Å². The average Bonchev–Trinajstić information content (AvgIpc) is 2.68. The maximum atomic E-state index is 12.5. The van der Waals surface area contributed by atoms with Crippen LogP contribution < -0.4 is 11.1 Å². The van der Waals surface area contributed by atoms with Crippen LogP contribution in [0.4, 0.5) is 5.82 Å². The number of carbonyl (C=O) groups is 1. The molecule has 1 aromatic heterocycles. The molecule has 0 atom stereocenters. The number of benzene rings is 2. The fraction of sp³-hybridized carbons (Fsp3) is 0.150. The number of hydrogen-bond donors (Lipinski definition) is 2. The van der Waals surface area contributed by atoms with Crippen LogP contribution in [0.2, 0.25) is 0 Å². The first kappa shape index (κ1) is 19.5. The van der Waals surface area contributed by atoms with Gasteiger partial charge in [0, 0.05) is 12.6 Å². The lowest BCUT2D eigenvalue weighted by Crippen LogP contribution is -2.21. The molecule has 0 spiro atoms. The van der Waals surface area contributed by atoms with Crippen LogP contribution in [0.3, 0.4) is 0 Å². The van der Waals surface area contributed by atoms with Crippen LogP contribution in [-0.4, -0.2) is 31.3 Å². The highest BCUT2D eigenvalue weighted by Crippen LogP contribution is 2.21. The predicted octanol–water partition coefficient (Wildman–Crippen LogP) is 2.20. The zero-order valence-electron chi connectivity index (χ0n) is 15.3. The number of aromatic nitrogens is 2. The summed E-state index contributed by atoms with van der Waals surface area (Å²) in [6, 6.07) is 16.1. The Morgan fingerprint density at radius 1 is 1.04 bits per heavy atom. The summed E-state index contributed by atoms with van der Waals surface area (Å²) in [5.74, 6) is -0.529. The number of carbonyl (C=O) groups excluding carboxylic acids is 1. The van der Waals surface area contributed by atoms with Crippen LogP contribution in [-0.2, 0) is 21.3 Å². The Morgan fingerprint density at radius 2 is 1.71 bits per heavy atom. The van der Waals surface area contributed by atoms with Gasteiger partial charge in [0.15, 0.2) is 21.3 Å². The highest BCUT2D eigenvalue weighted by molar-refractivity contribution is 7.89. The second kappa shape index (κ2) is 8.18. The van der Waals surface area contributed by atoms with E-state index >= 15 is 0 Å². The Morgan fingerprint density at radius 3 is 2.43 bits per heavy atom. The van der Waals surface area contributed by atoms with E-state index in [1.165, 1.54) is 13.2 Å². The lowest BCUT2D eigenvalue weighted by atomic mass is 10.1. The number of sulfone groups is 1. The lowest BCUT2D eigenvalue weighted by molar-refractivity contribution is 0.0959. The summed E-state index contributed by atoms with van der Waals surface area (Å²) < 4.78 is 25.1. The van der Waals surface area contributed by atoms with Crippen molar-refractivity contribution in [3.8, 4) is 11.3 Å². The maximum absolute atomic E-state index is 12.5. The average molecular weight is 396 g/mol. The maximum Gasteiger partial charge on any atom is 0.273 e. The minimum absolute atomic E-state index is 0.0272. The van der Waals surface area contributed by atoms with Gasteiger partial charge in [0.05, 0.1) is 23.4 Å². The van der Waals surface area contributed by atoms with Gasteiger partial charge in [-0.15, -0.1) is 0 Å². The van der Waals surface area contributed by atoms with E-state index in [0.717, 1.165) is 5.56 Å². The van der Waals surface area contributed by atoms with Gasteiger partial charge in [0.25, 0.3) is 5.91 Å². The second-order valence-corrected chi connectivity index (χ2v) is 8.35. The third kappa shape index (κ3) is 4.72. The first-order chi connectivity index (χ1) is 13.4. The van der Waals surface area contributed by atoms with Crippen molar-refractivity contribution in [3.05, 3.63) is 77.6 Å². The van der Waals surface area contributed by atoms with Crippen LogP contribution in [0.25, 0.3) is 11.3 Å². The lowest BCUT2D eigenvalue weighted by Gasteiger charge is -2.09. The largest absolute Gasteiger partial charge is 0.382 e. The third-order valence-corrected chi connectivity index (χ3v) is 5.63. The molecule has 0 aliphatic rings. The molecule has 0 saturated heterocycles. The van der Waals surface area contributed by atoms with Crippen LogP contribution in [0.5, 0.6) is 0 Å². The molecule has 0 unspecified atom stereocenters. The van der Waals surface area contributed by atoms with Gasteiger partial charge in [0.2, 0.25) is 0 Å². The molecular formula is C20H20N4O3S. The molecule has 144 valence electrons. The van der Waals surface area contributed by atoms with E-state index in [1.54, 1.807) is 36.4 Å². The van der Waals surface area contributed by atoms with Gasteiger partial charge in [-0.05, 0) is 17.2 Å². The van der Waals surface area contributed by atoms with Crippen molar-refractivity contribution >= 4 is 21.6 Å². The third-order valence-electron chi connectivity index (χ3n) is 4.08. The number of hydrogen-bond acceptors (Lipinski definition) is 6. The Balaban J connectivity index is 1.86. The molecule has 8 heteroatoms. The molecule has 7 nitrogen and oxygen atoms in total. The molecule has 0 aliphatic carbocycles. The van der Waals surface area contributed by atoms with Crippen molar-refractivity contribution in [2.75, 3.05) is 12.8 Å². The molecule has 3 N–H and O–H groups in total. The van der Waals surface area contributed by atoms with Crippen LogP contribution in [0.15, 0.2) is 60.8 Å². The zero-order chi connectivity index (χ0) is 20.1. The van der Waals surface area contributed by atoms with E-state index in [0.29, 0.717) is 16.8 Å². The second-order valence-electron chi connectivity index (χ2n) is 6.29. The fourth-order valence-electron chi connectivity index (χ4n) is 2.78. The van der Waals surface area contributed by atoms with E-state index < -0.39 is 15.7 Å². The molecule has 1 heterocycles. The van der Waals surface area contributed by atoms with E-state index in [4.69, 9.17) is 5.73 Å². The first-order valence-electron chi connectivity index (χ1n) is 8.56. The monoisotopic (exact) mass is 396 g/mol. The van der Waals surface area contributed by atoms with Crippen molar-refractivity contribution in [2.24, 2.45) is 0 Å². The molecule has 3 aromatic rings. The summed E-state index contributed by atoms with van der Waals surface area (Å²) in [6.07, 6.45) is 1.46. The summed E-state index contributed by atoms with van der Waals surface area (Å²) in [7, 11) is -1.86. The smallest absolute Gasteiger partial charge is 0.273 e. The molecular weight excluding hydrogens is 376 g/mol. The van der Waals surface area contributed by atoms with Gasteiger partial charge in [-0.2, -0.15) is 0 Å². The number of rotatable bonds is 6. The Bertz CT molecular complexity index is 1100. The summed E-state index contributed by atoms with van der Waals surface area (Å²) in [6.45, 7) is 0. The van der Waals surface area contributed by atoms with Crippen molar-refractivity contribution in [2.45, 2.75) is 11.5 Å². The highest BCUT2D eigenvalue weighted by Gasteiger charge is 2.16. The van der Waals surface area contributed by atoms with Gasteiger partial charge in [-0.1, -0.05) is 48.5 Å². The molecule has 1 amide bonds. The Kier molecular flexibility index (Phi) is 5.70. The number of amides is 1. The quantitative estimate of drug-likeness (QED) is 0.660. The topological polar surface area (TPSA) is 115 Å². The molecule has 0 saturated carbocycles. The van der Waals surface area contributed by atoms with E-state index in [-0.39, 0.29) is 23.0 Å². The molecule has 0 bridgehead atoms. The number of nitrogens with two attached hydrogens (primary N) is 1. The molecule has 0 radical (unpaired) electrons. The zero-order valence-corrected chi connectivity index (χ0v) is 16.1. The van der Waals surface area contributed by atoms with Crippen LogP contribution in [0, 0.1) is 0 Å². The van der Waals surface area contributed by atoms with E-state index in [9.17, 15) is 13.2 Å². The van der Waals surface area contributed by atoms with Crippen molar-refractivity contribution in [1.82, 2.24) is 15.3 Å². The van der Waals surface area contributed by atoms with Gasteiger partial charge in [-0.3, -0.25) is 4.79 Å². The minimum atomic E-state index is -3.34. The standard InChI is InChI=1S/C20H20N4O3S/c1-22-20(25)18-19(21)23-11-17(24-18)16-9-5-8-15(10-16)13-28(26,27)12-14-6-3-2-4-7-14/h2-11H,12-13H2,1H3,(H2,21,23)(H,22,25). The SMILES string of the molecule is CNC(=O)c1nc(-c2cccc(CS(=O)(=O)Cc3ccccc3)c2)cnc1N. The minimum Gasteiger partial charge on any atom is -0.382 e. The van der Waals surface area contributed by atoms with Crippen LogP contribution >= 0.6 is 0 Å². The Labute approximate surface area is 163 Å². The van der Waals surface area contributed by atoms with Gasteiger partial charge < -0.3 is 11.1 Å². The summed E-state index contributed by atoms with van der Waals surface area (Å²) in [4.78, 5) is 20.2. The highest BCUT2D eigenvalue weighted by atomic mass is 32.2. The predicted molar refractivity (Wildman–Crippen MR) is 108 cm³/mol. The summed E-state index contributed by atoms with van der Waals surface area (Å²) in [5.41, 5.74) is 8.23. The van der Waals surface area contributed by atoms with E-state index in [1.807, 2.05) is 18.2 Å². The Hall–Kier alpha value is -3.26. The van der Waals surface area contributed by atoms with Crippen LogP contribution in [0.1, 0.15) is 21.6 Å². The normalized spacial score (nSPS) is 11.2. The van der Waals surface area contributed by atoms with E-state index in [2.05, 4.69) is 15.3 Å². The number of nitrogens with one attached hydrogen (secondary N) is 1. The fourth-order valence-corrected chi connectivity index (χ4v) is 4.27. The number of nitrogens with zero attached hydrogens (tertiary/aromatic N) is 2. The number of anilines is 1. The molecule has 0 aliphatic heterocycles. The summed E-state index contributed by atoms with van der Waals surface area (Å²) in [5, 5.41) is 2.47. The number of nitrogen functional groups attached to an aromatic ring is 1. The van der Waals surface area contributed by atoms with Gasteiger partial charge in [-0.25, -0.2) is 18.4 Å². The van der Waals surface area contributed by atoms with Crippen molar-refractivity contribution in [3.63, 3.8) is 0 Å². The van der Waals surface area contributed by atoms with Crippen molar-refractivity contribution in [1.29, 1.82) is 0 Å². The summed E-state index contributed by atoms with van der Waals surface area (Å²) >= 11 is 0. The first-order valence-corrected chi connectivity index (χ1v) is 10.4. The van der Waals surface area contributed by atoms with Gasteiger partial charge >= 0.3 is 0 Å². The molecule has 28 heavy (non-hydrogen) atoms. The van der Waals surface area contributed by atoms with Gasteiger partial charge in [0.1, 0.15) is 0 Å².